The molecule has 1 N–H and O–H groups in total. The molecule has 0 aliphatic carbocycles. The number of para-hydroxylation sites is 1. The van der Waals surface area contributed by atoms with Crippen molar-refractivity contribution >= 4 is 5.91 Å². The summed E-state index contributed by atoms with van der Waals surface area (Å²) in [6.07, 6.45) is 0. The number of ether oxygens (including phenoxy) is 1. The Balaban J connectivity index is 1.96. The Kier molecular flexibility index (Phi) is 5.53. The summed E-state index contributed by atoms with van der Waals surface area (Å²) in [5.41, 5.74) is 1.04. The maximum Gasteiger partial charge on any atom is 0.258 e. The Morgan fingerprint density at radius 1 is 1.09 bits per heavy atom. The van der Waals surface area contributed by atoms with Crippen LogP contribution in [0.2, 0.25) is 0 Å². The summed E-state index contributed by atoms with van der Waals surface area (Å²) in [6.45, 7) is 3.86. The van der Waals surface area contributed by atoms with Crippen LogP contribution in [0.4, 0.5) is 4.39 Å². The van der Waals surface area contributed by atoms with E-state index in [2.05, 4.69) is 5.32 Å². The van der Waals surface area contributed by atoms with Crippen molar-refractivity contribution in [3.8, 4) is 5.75 Å². The number of hydrogen-bond donors (Lipinski definition) is 1. The predicted molar refractivity (Wildman–Crippen MR) is 84.1 cm³/mol. The molecule has 0 aliphatic heterocycles. The molecule has 1 atom stereocenters. The summed E-state index contributed by atoms with van der Waals surface area (Å²) in [7, 11) is 0. The second-order valence-electron chi connectivity index (χ2n) is 5.42. The van der Waals surface area contributed by atoms with Crippen molar-refractivity contribution in [2.45, 2.75) is 19.9 Å². The minimum Gasteiger partial charge on any atom is -0.481 e. The number of benzene rings is 2. The van der Waals surface area contributed by atoms with Gasteiger partial charge in [0.2, 0.25) is 0 Å². The van der Waals surface area contributed by atoms with Gasteiger partial charge in [0.25, 0.3) is 5.91 Å². The van der Waals surface area contributed by atoms with Crippen molar-refractivity contribution in [3.05, 3.63) is 66.0 Å². The van der Waals surface area contributed by atoms with Gasteiger partial charge in [0, 0.05) is 0 Å². The fourth-order valence-corrected chi connectivity index (χ4v) is 2.22. The lowest BCUT2D eigenvalue weighted by molar-refractivity contribution is -0.124. The first kappa shape index (κ1) is 16.0. The predicted octanol–water partition coefficient (Wildman–Crippen LogP) is 3.72. The molecule has 22 heavy (non-hydrogen) atoms. The Hall–Kier alpha value is -2.36. The lowest BCUT2D eigenvalue weighted by Gasteiger charge is -2.23. The summed E-state index contributed by atoms with van der Waals surface area (Å²) < 4.78 is 18.7. The second-order valence-corrected chi connectivity index (χ2v) is 5.42. The Morgan fingerprint density at radius 2 is 1.73 bits per heavy atom. The zero-order valence-corrected chi connectivity index (χ0v) is 12.8. The molecule has 0 aromatic heterocycles. The second kappa shape index (κ2) is 7.59. The third-order valence-corrected chi connectivity index (χ3v) is 3.34. The van der Waals surface area contributed by atoms with E-state index in [4.69, 9.17) is 4.74 Å². The average Bonchev–Trinajstić information content (AvgIpc) is 2.52. The highest BCUT2D eigenvalue weighted by molar-refractivity contribution is 5.78. The van der Waals surface area contributed by atoms with Crippen molar-refractivity contribution in [1.82, 2.24) is 5.32 Å². The molecule has 0 saturated carbocycles. The van der Waals surface area contributed by atoms with Gasteiger partial charge in [-0.05, 0) is 23.6 Å². The molecule has 0 aliphatic rings. The van der Waals surface area contributed by atoms with Crippen LogP contribution in [0.3, 0.4) is 0 Å². The Labute approximate surface area is 130 Å². The first-order chi connectivity index (χ1) is 10.6. The number of carbonyl (C=O) groups excluding carboxylic acids is 1. The Morgan fingerprint density at radius 3 is 2.36 bits per heavy atom. The van der Waals surface area contributed by atoms with Gasteiger partial charge >= 0.3 is 0 Å². The van der Waals surface area contributed by atoms with E-state index in [0.717, 1.165) is 5.56 Å². The van der Waals surface area contributed by atoms with Gasteiger partial charge in [-0.15, -0.1) is 0 Å². The summed E-state index contributed by atoms with van der Waals surface area (Å²) in [6, 6.07) is 15.7. The quantitative estimate of drug-likeness (QED) is 0.883. The number of carbonyl (C=O) groups is 1. The van der Waals surface area contributed by atoms with Crippen molar-refractivity contribution in [2.24, 2.45) is 5.92 Å². The van der Waals surface area contributed by atoms with Crippen LogP contribution in [0, 0.1) is 11.7 Å². The molecule has 116 valence electrons. The number of hydrogen-bond acceptors (Lipinski definition) is 2. The van der Waals surface area contributed by atoms with Crippen LogP contribution in [-0.2, 0) is 4.79 Å². The molecule has 0 saturated heterocycles. The van der Waals surface area contributed by atoms with E-state index < -0.39 is 5.82 Å². The van der Waals surface area contributed by atoms with Crippen LogP contribution in [0.5, 0.6) is 5.75 Å². The van der Waals surface area contributed by atoms with Crippen molar-refractivity contribution < 1.29 is 13.9 Å². The summed E-state index contributed by atoms with van der Waals surface area (Å²) in [4.78, 5) is 12.1. The van der Waals surface area contributed by atoms with Crippen molar-refractivity contribution in [1.29, 1.82) is 0 Å². The van der Waals surface area contributed by atoms with Gasteiger partial charge in [-0.25, -0.2) is 4.39 Å². The molecule has 3 nitrogen and oxygen atoms in total. The van der Waals surface area contributed by atoms with E-state index in [1.807, 2.05) is 44.2 Å². The van der Waals surface area contributed by atoms with Gasteiger partial charge in [0.05, 0.1) is 6.04 Å². The van der Waals surface area contributed by atoms with Crippen LogP contribution in [-0.4, -0.2) is 12.5 Å². The molecule has 0 heterocycles. The molecule has 0 bridgehead atoms. The van der Waals surface area contributed by atoms with Crippen molar-refractivity contribution in [3.63, 3.8) is 0 Å². The fraction of sp³-hybridized carbons (Fsp3) is 0.278. The number of rotatable bonds is 6. The summed E-state index contributed by atoms with van der Waals surface area (Å²) >= 11 is 0. The highest BCUT2D eigenvalue weighted by atomic mass is 19.1. The number of halogens is 1. The molecule has 2 aromatic rings. The largest absolute Gasteiger partial charge is 0.481 e. The zero-order valence-electron chi connectivity index (χ0n) is 12.8. The van der Waals surface area contributed by atoms with E-state index in [1.165, 1.54) is 12.1 Å². The van der Waals surface area contributed by atoms with Gasteiger partial charge in [-0.1, -0.05) is 56.3 Å². The molecule has 4 heteroatoms. The summed E-state index contributed by atoms with van der Waals surface area (Å²) in [5, 5.41) is 2.94. The number of nitrogens with one attached hydrogen (secondary N) is 1. The molecule has 1 amide bonds. The normalized spacial score (nSPS) is 12.0. The first-order valence-electron chi connectivity index (χ1n) is 7.29. The van der Waals surface area contributed by atoms with Crippen LogP contribution < -0.4 is 10.1 Å². The maximum absolute atomic E-state index is 13.4. The fourth-order valence-electron chi connectivity index (χ4n) is 2.22. The zero-order chi connectivity index (χ0) is 15.9. The maximum atomic E-state index is 13.4. The van der Waals surface area contributed by atoms with Gasteiger partial charge in [0.15, 0.2) is 18.2 Å². The van der Waals surface area contributed by atoms with Gasteiger partial charge in [-0.2, -0.15) is 0 Å². The molecule has 0 fully saturated rings. The molecule has 0 radical (unpaired) electrons. The van der Waals surface area contributed by atoms with Crippen LogP contribution >= 0.6 is 0 Å². The third kappa shape index (κ3) is 4.32. The monoisotopic (exact) mass is 301 g/mol. The van der Waals surface area contributed by atoms with Crippen LogP contribution in [0.1, 0.15) is 25.5 Å². The van der Waals surface area contributed by atoms with Gasteiger partial charge < -0.3 is 10.1 Å². The van der Waals surface area contributed by atoms with E-state index in [0.29, 0.717) is 0 Å². The molecule has 2 aromatic carbocycles. The lowest BCUT2D eigenvalue weighted by atomic mass is 9.96. The topological polar surface area (TPSA) is 38.3 Å². The highest BCUT2D eigenvalue weighted by Gasteiger charge is 2.18. The first-order valence-corrected chi connectivity index (χ1v) is 7.29. The number of amides is 1. The molecule has 2 rings (SSSR count). The third-order valence-electron chi connectivity index (χ3n) is 3.34. The standard InChI is InChI=1S/C18H20FNO2/c1-13(2)18(14-8-4-3-5-9-14)20-17(21)12-22-16-11-7-6-10-15(16)19/h3-11,13,18H,12H2,1-2H3,(H,20,21)/t18-/m1/s1. The van der Waals surface area contributed by atoms with E-state index in [1.54, 1.807) is 12.1 Å². The van der Waals surface area contributed by atoms with Crippen LogP contribution in [0.15, 0.2) is 54.6 Å². The Bertz CT molecular complexity index is 613. The summed E-state index contributed by atoms with van der Waals surface area (Å²) in [5.74, 6) is -0.428. The minimum absolute atomic E-state index is 0.0819. The van der Waals surface area contributed by atoms with E-state index in [-0.39, 0.29) is 30.2 Å². The smallest absolute Gasteiger partial charge is 0.258 e. The lowest BCUT2D eigenvalue weighted by Crippen LogP contribution is -2.35. The van der Waals surface area contributed by atoms with Crippen LogP contribution in [0.25, 0.3) is 0 Å². The van der Waals surface area contributed by atoms with E-state index in [9.17, 15) is 9.18 Å². The molecule has 0 unspecified atom stereocenters. The molecular formula is C18H20FNO2. The molecule has 0 spiro atoms. The average molecular weight is 301 g/mol. The minimum atomic E-state index is -0.473. The highest BCUT2D eigenvalue weighted by Crippen LogP contribution is 2.21. The van der Waals surface area contributed by atoms with E-state index >= 15 is 0 Å². The van der Waals surface area contributed by atoms with Gasteiger partial charge in [-0.3, -0.25) is 4.79 Å². The SMILES string of the molecule is CC(C)[C@@H](NC(=O)COc1ccccc1F)c1ccccc1. The molecular weight excluding hydrogens is 281 g/mol. The van der Waals surface area contributed by atoms with Gasteiger partial charge in [0.1, 0.15) is 0 Å². The van der Waals surface area contributed by atoms with Crippen molar-refractivity contribution in [2.75, 3.05) is 6.61 Å².